The summed E-state index contributed by atoms with van der Waals surface area (Å²) in [6.45, 7) is -0.405. The summed E-state index contributed by atoms with van der Waals surface area (Å²) < 4.78 is 4.90. The monoisotopic (exact) mass is 306 g/mol. The van der Waals surface area contributed by atoms with E-state index in [4.69, 9.17) is 9.94 Å². The number of carbonyl (C=O) groups is 4. The summed E-state index contributed by atoms with van der Waals surface area (Å²) in [4.78, 5) is 45.7. The van der Waals surface area contributed by atoms with Crippen LogP contribution < -0.4 is 5.32 Å². The molecule has 0 radical (unpaired) electrons. The molecule has 0 aliphatic carbocycles. The lowest BCUT2D eigenvalue weighted by atomic mass is 10.0. The van der Waals surface area contributed by atoms with Gasteiger partial charge in [-0.05, 0) is 5.56 Å². The third kappa shape index (κ3) is 3.67. The lowest BCUT2D eigenvalue weighted by Crippen LogP contribution is -2.36. The molecular formula is C14H14N2O6. The first-order valence-corrected chi connectivity index (χ1v) is 6.52. The third-order valence-electron chi connectivity index (χ3n) is 3.13. The molecule has 1 aliphatic rings. The summed E-state index contributed by atoms with van der Waals surface area (Å²) in [7, 11) is 0. The second kappa shape index (κ2) is 6.81. The molecule has 0 aromatic heterocycles. The van der Waals surface area contributed by atoms with Crippen molar-refractivity contribution in [3.05, 3.63) is 35.9 Å². The molecule has 1 unspecified atom stereocenters. The number of ketones is 1. The number of hydrogen-bond donors (Lipinski definition) is 2. The van der Waals surface area contributed by atoms with Gasteiger partial charge >= 0.3 is 6.09 Å². The van der Waals surface area contributed by atoms with Gasteiger partial charge in [0, 0.05) is 6.42 Å². The van der Waals surface area contributed by atoms with Crippen molar-refractivity contribution in [2.24, 2.45) is 5.92 Å². The van der Waals surface area contributed by atoms with E-state index in [0.717, 1.165) is 5.56 Å². The maximum Gasteiger partial charge on any atom is 0.407 e. The molecule has 1 heterocycles. The second-order valence-electron chi connectivity index (χ2n) is 4.68. The maximum absolute atomic E-state index is 11.7. The third-order valence-corrected chi connectivity index (χ3v) is 3.13. The van der Waals surface area contributed by atoms with Crippen molar-refractivity contribution < 1.29 is 29.1 Å². The fourth-order valence-electron chi connectivity index (χ4n) is 1.93. The summed E-state index contributed by atoms with van der Waals surface area (Å²) in [5.74, 6) is -3.73. The number of imide groups is 1. The van der Waals surface area contributed by atoms with Gasteiger partial charge in [-0.15, -0.1) is 0 Å². The topological polar surface area (TPSA) is 113 Å². The quantitative estimate of drug-likeness (QED) is 0.458. The average molecular weight is 306 g/mol. The Morgan fingerprint density at radius 3 is 2.55 bits per heavy atom. The van der Waals surface area contributed by atoms with Gasteiger partial charge < -0.3 is 10.1 Å². The van der Waals surface area contributed by atoms with Crippen LogP contribution in [0.15, 0.2) is 30.3 Å². The Bertz CT molecular complexity index is 601. The van der Waals surface area contributed by atoms with Crippen molar-refractivity contribution in [1.29, 1.82) is 0 Å². The van der Waals surface area contributed by atoms with E-state index in [9.17, 15) is 19.2 Å². The fraction of sp³-hybridized carbons (Fsp3) is 0.286. The first-order chi connectivity index (χ1) is 10.5. The molecule has 1 aliphatic heterocycles. The van der Waals surface area contributed by atoms with Crippen molar-refractivity contribution >= 4 is 23.7 Å². The second-order valence-corrected chi connectivity index (χ2v) is 4.68. The Labute approximate surface area is 125 Å². The van der Waals surface area contributed by atoms with E-state index < -0.39 is 42.6 Å². The highest BCUT2D eigenvalue weighted by molar-refractivity contribution is 6.13. The van der Waals surface area contributed by atoms with E-state index in [2.05, 4.69) is 5.32 Å². The Balaban J connectivity index is 1.75. The fourth-order valence-corrected chi connectivity index (χ4v) is 1.93. The number of carbonyl (C=O) groups excluding carboxylic acids is 4. The van der Waals surface area contributed by atoms with Gasteiger partial charge in [0.2, 0.25) is 0 Å². The summed E-state index contributed by atoms with van der Waals surface area (Å²) in [6, 6.07) is 8.97. The lowest BCUT2D eigenvalue weighted by molar-refractivity contribution is -0.172. The van der Waals surface area contributed by atoms with Gasteiger partial charge in [-0.2, -0.15) is 5.06 Å². The molecule has 22 heavy (non-hydrogen) atoms. The Hall–Kier alpha value is -2.74. The minimum atomic E-state index is -1.26. The van der Waals surface area contributed by atoms with Crippen LogP contribution in [0.4, 0.5) is 4.79 Å². The van der Waals surface area contributed by atoms with E-state index >= 15 is 0 Å². The van der Waals surface area contributed by atoms with Crippen molar-refractivity contribution in [1.82, 2.24) is 10.4 Å². The van der Waals surface area contributed by atoms with Gasteiger partial charge in [-0.1, -0.05) is 30.3 Å². The van der Waals surface area contributed by atoms with E-state index in [1.165, 1.54) is 0 Å². The summed E-state index contributed by atoms with van der Waals surface area (Å²) >= 11 is 0. The number of hydroxylamine groups is 2. The molecule has 116 valence electrons. The van der Waals surface area contributed by atoms with Crippen molar-refractivity contribution in [3.63, 3.8) is 0 Å². The number of hydrogen-bond acceptors (Lipinski definition) is 6. The zero-order valence-electron chi connectivity index (χ0n) is 11.5. The molecule has 2 rings (SSSR count). The molecule has 0 saturated carbocycles. The zero-order valence-corrected chi connectivity index (χ0v) is 11.5. The van der Waals surface area contributed by atoms with Gasteiger partial charge in [-0.25, -0.2) is 4.79 Å². The maximum atomic E-state index is 11.7. The molecule has 1 atom stereocenters. The molecule has 1 saturated heterocycles. The molecule has 8 nitrogen and oxygen atoms in total. The standard InChI is InChI=1S/C14H14N2O6/c17-11(10-6-12(18)16(21)13(10)19)7-15-14(20)22-8-9-4-2-1-3-5-9/h1-5,10,21H,6-8H2,(H,15,20). The van der Waals surface area contributed by atoms with Crippen molar-refractivity contribution in [3.8, 4) is 0 Å². The highest BCUT2D eigenvalue weighted by Crippen LogP contribution is 2.18. The zero-order chi connectivity index (χ0) is 16.1. The Morgan fingerprint density at radius 1 is 1.27 bits per heavy atom. The highest BCUT2D eigenvalue weighted by atomic mass is 16.5. The minimum Gasteiger partial charge on any atom is -0.445 e. The number of Topliss-reactive ketones (excluding diaryl/α,β-unsaturated/α-hetero) is 1. The predicted molar refractivity (Wildman–Crippen MR) is 71.4 cm³/mol. The number of amides is 3. The van der Waals surface area contributed by atoms with E-state index in [0.29, 0.717) is 0 Å². The summed E-state index contributed by atoms with van der Waals surface area (Å²) in [5.41, 5.74) is 0.788. The largest absolute Gasteiger partial charge is 0.445 e. The van der Waals surface area contributed by atoms with Gasteiger partial charge in [0.25, 0.3) is 11.8 Å². The van der Waals surface area contributed by atoms with Crippen molar-refractivity contribution in [2.45, 2.75) is 13.0 Å². The van der Waals surface area contributed by atoms with Crippen LogP contribution in [0, 0.1) is 5.92 Å². The first-order valence-electron chi connectivity index (χ1n) is 6.52. The number of rotatable bonds is 5. The number of ether oxygens (including phenoxy) is 1. The van der Waals surface area contributed by atoms with Crippen LogP contribution in [-0.4, -0.2) is 40.5 Å². The molecule has 1 fully saturated rings. The molecule has 2 N–H and O–H groups in total. The molecule has 8 heteroatoms. The molecule has 1 aromatic rings. The van der Waals surface area contributed by atoms with E-state index in [1.807, 2.05) is 6.07 Å². The van der Waals surface area contributed by atoms with Crippen LogP contribution in [0.2, 0.25) is 0 Å². The Morgan fingerprint density at radius 2 is 1.95 bits per heavy atom. The molecule has 1 aromatic carbocycles. The summed E-state index contributed by atoms with van der Waals surface area (Å²) in [5, 5.41) is 11.2. The molecular weight excluding hydrogens is 292 g/mol. The van der Waals surface area contributed by atoms with Gasteiger partial charge in [0.15, 0.2) is 5.78 Å². The van der Waals surface area contributed by atoms with Gasteiger partial charge in [0.05, 0.1) is 6.54 Å². The van der Waals surface area contributed by atoms with Crippen LogP contribution in [0.3, 0.4) is 0 Å². The number of nitrogens with one attached hydrogen (secondary N) is 1. The first kappa shape index (κ1) is 15.6. The average Bonchev–Trinajstić information content (AvgIpc) is 2.79. The van der Waals surface area contributed by atoms with Crippen LogP contribution in [0.25, 0.3) is 0 Å². The lowest BCUT2D eigenvalue weighted by Gasteiger charge is -2.09. The normalized spacial score (nSPS) is 17.5. The summed E-state index contributed by atoms with van der Waals surface area (Å²) in [6.07, 6.45) is -1.20. The van der Waals surface area contributed by atoms with Crippen LogP contribution >= 0.6 is 0 Å². The van der Waals surface area contributed by atoms with Crippen LogP contribution in [-0.2, 0) is 25.7 Å². The van der Waals surface area contributed by atoms with E-state index in [-0.39, 0.29) is 11.7 Å². The smallest absolute Gasteiger partial charge is 0.407 e. The molecule has 3 amide bonds. The van der Waals surface area contributed by atoms with Crippen molar-refractivity contribution in [2.75, 3.05) is 6.54 Å². The van der Waals surface area contributed by atoms with Gasteiger partial charge in [0.1, 0.15) is 12.5 Å². The highest BCUT2D eigenvalue weighted by Gasteiger charge is 2.42. The van der Waals surface area contributed by atoms with Crippen LogP contribution in [0.1, 0.15) is 12.0 Å². The van der Waals surface area contributed by atoms with E-state index in [1.54, 1.807) is 24.3 Å². The number of alkyl carbamates (subject to hydrolysis) is 1. The van der Waals surface area contributed by atoms with Gasteiger partial charge in [-0.3, -0.25) is 19.6 Å². The SMILES string of the molecule is O=C(NCC(=O)C1CC(=O)N(O)C1=O)OCc1ccccc1. The Kier molecular flexibility index (Phi) is 4.84. The number of benzene rings is 1. The minimum absolute atomic E-state index is 0.0477. The molecule has 0 spiro atoms. The number of nitrogens with zero attached hydrogens (tertiary/aromatic N) is 1. The molecule has 0 bridgehead atoms. The predicted octanol–water partition coefficient (Wildman–Crippen LogP) is 0.246. The van der Waals surface area contributed by atoms with Crippen LogP contribution in [0.5, 0.6) is 0 Å².